The topological polar surface area (TPSA) is 70.5 Å². The molecule has 1 saturated carbocycles. The lowest BCUT2D eigenvalue weighted by molar-refractivity contribution is 0.324. The summed E-state index contributed by atoms with van der Waals surface area (Å²) in [6.45, 7) is 2.16. The van der Waals surface area contributed by atoms with Crippen LogP contribution in [0.4, 0.5) is 0 Å². The molecule has 4 nitrogen and oxygen atoms in total. The first-order chi connectivity index (χ1) is 12.8. The Morgan fingerprint density at radius 1 is 0.654 bits per heavy atom. The van der Waals surface area contributed by atoms with Gasteiger partial charge in [0, 0.05) is 18.5 Å². The predicted octanol–water partition coefficient (Wildman–Crippen LogP) is 3.61. The van der Waals surface area contributed by atoms with E-state index in [-0.39, 0.29) is 5.41 Å². The second-order valence-corrected chi connectivity index (χ2v) is 6.97. The quantitative estimate of drug-likeness (QED) is 0.760. The molecule has 1 aliphatic rings. The molecule has 0 spiro atoms. The molecule has 4 N–H and O–H groups in total. The van der Waals surface area contributed by atoms with Crippen LogP contribution in [0.5, 0.6) is 11.5 Å². The van der Waals surface area contributed by atoms with Crippen LogP contribution in [0, 0.1) is 0 Å². The summed E-state index contributed by atoms with van der Waals surface area (Å²) < 4.78 is 11.3. The first-order valence-electron chi connectivity index (χ1n) is 9.65. The lowest BCUT2D eigenvalue weighted by atomic mass is 9.65. The maximum Gasteiger partial charge on any atom is 0.119 e. The minimum atomic E-state index is 0.0804. The second kappa shape index (κ2) is 9.06. The molecule has 2 aromatic carbocycles. The molecular weight excluding hydrogens is 324 g/mol. The van der Waals surface area contributed by atoms with E-state index in [4.69, 9.17) is 20.9 Å². The second-order valence-electron chi connectivity index (χ2n) is 6.97. The van der Waals surface area contributed by atoms with Crippen molar-refractivity contribution in [2.75, 3.05) is 26.3 Å². The molecule has 0 atom stereocenters. The fourth-order valence-electron chi connectivity index (χ4n) is 3.99. The van der Waals surface area contributed by atoms with Crippen LogP contribution >= 0.6 is 0 Å². The zero-order valence-electron chi connectivity index (χ0n) is 15.5. The molecule has 0 amide bonds. The van der Waals surface area contributed by atoms with Crippen molar-refractivity contribution in [3.63, 3.8) is 0 Å². The summed E-state index contributed by atoms with van der Waals surface area (Å²) in [6.07, 6.45) is 6.20. The fraction of sp³-hybridized carbons (Fsp3) is 0.455. The molecule has 4 heteroatoms. The summed E-state index contributed by atoms with van der Waals surface area (Å²) in [4.78, 5) is 0. The highest BCUT2D eigenvalue weighted by Gasteiger charge is 2.35. The number of hydrogen-bond acceptors (Lipinski definition) is 4. The Bertz CT molecular complexity index is 608. The van der Waals surface area contributed by atoms with Crippen molar-refractivity contribution in [3.05, 3.63) is 59.7 Å². The Hall–Kier alpha value is -2.04. The van der Waals surface area contributed by atoms with Crippen LogP contribution in [0.15, 0.2) is 48.5 Å². The number of nitrogens with two attached hydrogens (primary N) is 2. The van der Waals surface area contributed by atoms with Gasteiger partial charge in [-0.1, -0.05) is 43.5 Å². The highest BCUT2D eigenvalue weighted by molar-refractivity contribution is 5.43. The molecule has 1 fully saturated rings. The monoisotopic (exact) mass is 354 g/mol. The van der Waals surface area contributed by atoms with Crippen LogP contribution in [-0.2, 0) is 5.41 Å². The van der Waals surface area contributed by atoms with Gasteiger partial charge < -0.3 is 20.9 Å². The lowest BCUT2D eigenvalue weighted by Crippen LogP contribution is -2.30. The summed E-state index contributed by atoms with van der Waals surface area (Å²) in [7, 11) is 0. The van der Waals surface area contributed by atoms with Crippen LogP contribution in [-0.4, -0.2) is 26.3 Å². The van der Waals surface area contributed by atoms with Crippen LogP contribution in [0.3, 0.4) is 0 Å². The first-order valence-corrected chi connectivity index (χ1v) is 9.65. The highest BCUT2D eigenvalue weighted by atomic mass is 16.5. The Balaban J connectivity index is 1.86. The van der Waals surface area contributed by atoms with Gasteiger partial charge >= 0.3 is 0 Å². The van der Waals surface area contributed by atoms with E-state index in [1.54, 1.807) is 0 Å². The number of hydrogen-bond donors (Lipinski definition) is 2. The molecule has 26 heavy (non-hydrogen) atoms. The van der Waals surface area contributed by atoms with Gasteiger partial charge in [0.2, 0.25) is 0 Å². The normalized spacial score (nSPS) is 16.2. The summed E-state index contributed by atoms with van der Waals surface area (Å²) in [5.74, 6) is 1.77. The maximum atomic E-state index is 5.64. The molecule has 0 saturated heterocycles. The Labute approximate surface area is 156 Å². The minimum Gasteiger partial charge on any atom is -0.492 e. The van der Waals surface area contributed by atoms with E-state index in [0.29, 0.717) is 26.3 Å². The average molecular weight is 354 g/mol. The van der Waals surface area contributed by atoms with E-state index >= 15 is 0 Å². The zero-order chi connectivity index (χ0) is 18.2. The van der Waals surface area contributed by atoms with Gasteiger partial charge in [-0.3, -0.25) is 0 Å². The van der Waals surface area contributed by atoms with Gasteiger partial charge in [-0.15, -0.1) is 0 Å². The van der Waals surface area contributed by atoms with E-state index in [0.717, 1.165) is 11.5 Å². The van der Waals surface area contributed by atoms with Gasteiger partial charge in [0.1, 0.15) is 24.7 Å². The molecule has 0 aromatic heterocycles. The molecule has 0 radical (unpaired) electrons. The third-order valence-corrected chi connectivity index (χ3v) is 5.29. The van der Waals surface area contributed by atoms with Crippen LogP contribution in [0.2, 0.25) is 0 Å². The van der Waals surface area contributed by atoms with Gasteiger partial charge in [-0.25, -0.2) is 0 Å². The average Bonchev–Trinajstić information content (AvgIpc) is 2.72. The van der Waals surface area contributed by atoms with Crippen LogP contribution < -0.4 is 20.9 Å². The zero-order valence-corrected chi connectivity index (χ0v) is 15.5. The summed E-state index contributed by atoms with van der Waals surface area (Å²) in [6, 6.07) is 17.2. The standard InChI is InChI=1S/C22H30N2O2/c23-14-16-25-20-8-4-18(5-9-20)22(12-2-1-3-13-22)19-6-10-21(11-7-19)26-17-15-24/h4-11H,1-3,12-17,23-24H2. The third-order valence-electron chi connectivity index (χ3n) is 5.29. The predicted molar refractivity (Wildman–Crippen MR) is 106 cm³/mol. The molecule has 0 bridgehead atoms. The van der Waals surface area contributed by atoms with Crippen molar-refractivity contribution in [2.45, 2.75) is 37.5 Å². The van der Waals surface area contributed by atoms with Crippen molar-refractivity contribution < 1.29 is 9.47 Å². The number of ether oxygens (including phenoxy) is 2. The number of rotatable bonds is 8. The summed E-state index contributed by atoms with van der Waals surface area (Å²) in [5.41, 5.74) is 13.9. The van der Waals surface area contributed by atoms with Crippen molar-refractivity contribution in [1.82, 2.24) is 0 Å². The van der Waals surface area contributed by atoms with E-state index in [2.05, 4.69) is 48.5 Å². The van der Waals surface area contributed by atoms with Crippen molar-refractivity contribution >= 4 is 0 Å². The lowest BCUT2D eigenvalue weighted by Gasteiger charge is -2.38. The van der Waals surface area contributed by atoms with Gasteiger partial charge in [-0.05, 0) is 48.2 Å². The van der Waals surface area contributed by atoms with Crippen LogP contribution in [0.25, 0.3) is 0 Å². The first kappa shape index (κ1) is 18.7. The molecule has 3 rings (SSSR count). The van der Waals surface area contributed by atoms with E-state index in [1.807, 2.05) is 0 Å². The van der Waals surface area contributed by atoms with Crippen molar-refractivity contribution in [2.24, 2.45) is 11.5 Å². The van der Waals surface area contributed by atoms with E-state index in [1.165, 1.54) is 43.2 Å². The number of benzene rings is 2. The molecule has 0 heterocycles. The van der Waals surface area contributed by atoms with Gasteiger partial charge in [-0.2, -0.15) is 0 Å². The van der Waals surface area contributed by atoms with Crippen LogP contribution in [0.1, 0.15) is 43.2 Å². The van der Waals surface area contributed by atoms with Crippen molar-refractivity contribution in [1.29, 1.82) is 0 Å². The molecule has 1 aliphatic carbocycles. The summed E-state index contributed by atoms with van der Waals surface area (Å²) >= 11 is 0. The fourth-order valence-corrected chi connectivity index (χ4v) is 3.99. The highest BCUT2D eigenvalue weighted by Crippen LogP contribution is 2.45. The molecular formula is C22H30N2O2. The largest absolute Gasteiger partial charge is 0.492 e. The Kier molecular flexibility index (Phi) is 6.53. The molecule has 0 unspecified atom stereocenters. The van der Waals surface area contributed by atoms with E-state index < -0.39 is 0 Å². The van der Waals surface area contributed by atoms with Gasteiger partial charge in [0.15, 0.2) is 0 Å². The van der Waals surface area contributed by atoms with Gasteiger partial charge in [0.25, 0.3) is 0 Å². The third kappa shape index (κ3) is 4.19. The maximum absolute atomic E-state index is 5.64. The molecule has 140 valence electrons. The van der Waals surface area contributed by atoms with Gasteiger partial charge in [0.05, 0.1) is 0 Å². The van der Waals surface area contributed by atoms with Crippen molar-refractivity contribution in [3.8, 4) is 11.5 Å². The minimum absolute atomic E-state index is 0.0804. The van der Waals surface area contributed by atoms with E-state index in [9.17, 15) is 0 Å². The SMILES string of the molecule is NCCOc1ccc(C2(c3ccc(OCCN)cc3)CCCCC2)cc1. The Morgan fingerprint density at radius 3 is 1.46 bits per heavy atom. The molecule has 2 aromatic rings. The Morgan fingerprint density at radius 2 is 1.08 bits per heavy atom. The molecule has 0 aliphatic heterocycles. The smallest absolute Gasteiger partial charge is 0.119 e. The summed E-state index contributed by atoms with van der Waals surface area (Å²) in [5, 5.41) is 0.